The second kappa shape index (κ2) is 4.52. The molecule has 0 saturated carbocycles. The fourth-order valence-corrected chi connectivity index (χ4v) is 2.93. The van der Waals surface area contributed by atoms with Gasteiger partial charge in [0.25, 0.3) is 0 Å². The summed E-state index contributed by atoms with van der Waals surface area (Å²) in [6.45, 7) is 13.7. The predicted molar refractivity (Wildman–Crippen MR) is 70.3 cm³/mol. The topological polar surface area (TPSA) is 20.2 Å². The first kappa shape index (κ1) is 13.8. The van der Waals surface area contributed by atoms with Crippen molar-refractivity contribution < 1.29 is 5.11 Å². The Morgan fingerprint density at radius 2 is 1.94 bits per heavy atom. The van der Waals surface area contributed by atoms with Crippen LogP contribution in [0.4, 0.5) is 0 Å². The molecule has 0 unspecified atom stereocenters. The van der Waals surface area contributed by atoms with Crippen LogP contribution in [0.2, 0.25) is 0 Å². The van der Waals surface area contributed by atoms with E-state index >= 15 is 0 Å². The Morgan fingerprint density at radius 1 is 1.38 bits per heavy atom. The zero-order valence-corrected chi connectivity index (χ0v) is 11.8. The molecule has 0 amide bonds. The van der Waals surface area contributed by atoms with E-state index in [-0.39, 0.29) is 16.9 Å². The Hall–Kier alpha value is -0.300. The van der Waals surface area contributed by atoms with Gasteiger partial charge in [0.15, 0.2) is 0 Å². The predicted octanol–water partition coefficient (Wildman–Crippen LogP) is 4.17. The van der Waals surface area contributed by atoms with E-state index in [1.807, 2.05) is 0 Å². The van der Waals surface area contributed by atoms with Crippen LogP contribution in [0.5, 0.6) is 0 Å². The molecule has 0 aromatic rings. The summed E-state index contributed by atoms with van der Waals surface area (Å²) in [5, 5.41) is 9.85. The van der Waals surface area contributed by atoms with E-state index < -0.39 is 0 Å². The van der Waals surface area contributed by atoms with Crippen molar-refractivity contribution >= 4 is 0 Å². The summed E-state index contributed by atoms with van der Waals surface area (Å²) in [4.78, 5) is 0. The normalized spacial score (nSPS) is 34.0. The highest BCUT2D eigenvalue weighted by Gasteiger charge is 2.45. The Labute approximate surface area is 101 Å². The van der Waals surface area contributed by atoms with Crippen LogP contribution in [-0.2, 0) is 0 Å². The number of aliphatic hydroxyl groups excluding tert-OH is 1. The van der Waals surface area contributed by atoms with Crippen LogP contribution in [0.15, 0.2) is 11.6 Å². The second-order valence-corrected chi connectivity index (χ2v) is 6.77. The number of aliphatic hydroxyl groups is 1. The molecule has 1 heteroatoms. The van der Waals surface area contributed by atoms with Crippen LogP contribution in [-0.4, -0.2) is 11.2 Å². The molecule has 0 heterocycles. The largest absolute Gasteiger partial charge is 0.389 e. The summed E-state index contributed by atoms with van der Waals surface area (Å²) in [7, 11) is 0. The Bertz CT molecular complexity index is 275. The van der Waals surface area contributed by atoms with Crippen LogP contribution in [0.3, 0.4) is 0 Å². The minimum atomic E-state index is -0.248. The van der Waals surface area contributed by atoms with Crippen LogP contribution in [0.1, 0.15) is 60.8 Å². The fourth-order valence-electron chi connectivity index (χ4n) is 2.93. The Balaban J connectivity index is 2.93. The molecule has 16 heavy (non-hydrogen) atoms. The van der Waals surface area contributed by atoms with E-state index in [1.165, 1.54) is 18.4 Å². The molecule has 0 aromatic heterocycles. The molecule has 1 aliphatic carbocycles. The lowest BCUT2D eigenvalue weighted by Crippen LogP contribution is -2.42. The van der Waals surface area contributed by atoms with Crippen molar-refractivity contribution in [2.24, 2.45) is 16.7 Å². The first-order valence-corrected chi connectivity index (χ1v) is 6.56. The van der Waals surface area contributed by atoms with Crippen molar-refractivity contribution in [1.29, 1.82) is 0 Å². The van der Waals surface area contributed by atoms with Gasteiger partial charge >= 0.3 is 0 Å². The average Bonchev–Trinajstić information content (AvgIpc) is 2.10. The van der Waals surface area contributed by atoms with Crippen LogP contribution in [0.25, 0.3) is 0 Å². The van der Waals surface area contributed by atoms with Crippen molar-refractivity contribution in [3.63, 3.8) is 0 Å². The smallest absolute Gasteiger partial charge is 0.0729 e. The van der Waals surface area contributed by atoms with Gasteiger partial charge in [0.1, 0.15) is 0 Å². The van der Waals surface area contributed by atoms with Gasteiger partial charge in [-0.3, -0.25) is 0 Å². The standard InChI is InChI=1S/C15H28O/c1-11(2)7-8-15(6)12(3)9-13(16)10-14(15,4)5/h9,11,13,16H,7-8,10H2,1-6H3/t13-,15+/m0/s1. The maximum Gasteiger partial charge on any atom is 0.0729 e. The third-order valence-electron chi connectivity index (χ3n) is 4.75. The molecule has 1 nitrogen and oxygen atoms in total. The van der Waals surface area contributed by atoms with E-state index in [2.05, 4.69) is 47.6 Å². The summed E-state index contributed by atoms with van der Waals surface area (Å²) in [5.74, 6) is 0.757. The first-order valence-electron chi connectivity index (χ1n) is 6.56. The third kappa shape index (κ3) is 2.51. The highest BCUT2D eigenvalue weighted by molar-refractivity contribution is 5.21. The van der Waals surface area contributed by atoms with Crippen molar-refractivity contribution in [3.8, 4) is 0 Å². The van der Waals surface area contributed by atoms with E-state index in [0.717, 1.165) is 12.3 Å². The molecular weight excluding hydrogens is 196 g/mol. The van der Waals surface area contributed by atoms with E-state index in [1.54, 1.807) is 0 Å². The highest BCUT2D eigenvalue weighted by atomic mass is 16.3. The first-order chi connectivity index (χ1) is 7.19. The maximum atomic E-state index is 9.85. The summed E-state index contributed by atoms with van der Waals surface area (Å²) in [6.07, 6.45) is 5.19. The molecular formula is C15H28O. The number of rotatable bonds is 3. The van der Waals surface area contributed by atoms with Gasteiger partial charge in [0, 0.05) is 0 Å². The molecule has 0 fully saturated rings. The minimum absolute atomic E-state index is 0.195. The average molecular weight is 224 g/mol. The summed E-state index contributed by atoms with van der Waals surface area (Å²) in [6, 6.07) is 0. The van der Waals surface area contributed by atoms with Gasteiger partial charge in [-0.15, -0.1) is 0 Å². The molecule has 1 aliphatic rings. The number of hydrogen-bond donors (Lipinski definition) is 1. The van der Waals surface area contributed by atoms with Gasteiger partial charge in [0.2, 0.25) is 0 Å². The van der Waals surface area contributed by atoms with E-state index in [4.69, 9.17) is 0 Å². The van der Waals surface area contributed by atoms with Gasteiger partial charge in [0.05, 0.1) is 6.10 Å². The zero-order chi connectivity index (χ0) is 12.6. The van der Waals surface area contributed by atoms with Gasteiger partial charge in [-0.2, -0.15) is 0 Å². The Kier molecular flexibility index (Phi) is 3.89. The summed E-state index contributed by atoms with van der Waals surface area (Å²) >= 11 is 0. The van der Waals surface area contributed by atoms with E-state index in [9.17, 15) is 5.11 Å². The molecule has 0 spiro atoms. The molecule has 2 atom stereocenters. The lowest BCUT2D eigenvalue weighted by atomic mass is 9.55. The monoisotopic (exact) mass is 224 g/mol. The SMILES string of the molecule is CC1=C[C@H](O)CC(C)(C)[C@]1(C)CCC(C)C. The van der Waals surface area contributed by atoms with Crippen molar-refractivity contribution in [3.05, 3.63) is 11.6 Å². The van der Waals surface area contributed by atoms with Gasteiger partial charge < -0.3 is 5.11 Å². The maximum absolute atomic E-state index is 9.85. The van der Waals surface area contributed by atoms with Crippen LogP contribution < -0.4 is 0 Å². The Morgan fingerprint density at radius 3 is 2.38 bits per heavy atom. The van der Waals surface area contributed by atoms with Crippen molar-refractivity contribution in [1.82, 2.24) is 0 Å². The van der Waals surface area contributed by atoms with Crippen LogP contribution in [0, 0.1) is 16.7 Å². The number of allylic oxidation sites excluding steroid dienone is 1. The third-order valence-corrected chi connectivity index (χ3v) is 4.75. The number of hydrogen-bond acceptors (Lipinski definition) is 1. The summed E-state index contributed by atoms with van der Waals surface area (Å²) in [5.41, 5.74) is 1.81. The second-order valence-electron chi connectivity index (χ2n) is 6.77. The van der Waals surface area contributed by atoms with E-state index in [0.29, 0.717) is 0 Å². The molecule has 0 aliphatic heterocycles. The zero-order valence-electron chi connectivity index (χ0n) is 11.8. The van der Waals surface area contributed by atoms with Crippen molar-refractivity contribution in [2.45, 2.75) is 66.9 Å². The molecule has 0 bridgehead atoms. The minimum Gasteiger partial charge on any atom is -0.389 e. The van der Waals surface area contributed by atoms with Gasteiger partial charge in [-0.25, -0.2) is 0 Å². The van der Waals surface area contributed by atoms with Gasteiger partial charge in [-0.1, -0.05) is 52.7 Å². The molecule has 1 N–H and O–H groups in total. The lowest BCUT2D eigenvalue weighted by Gasteiger charge is -2.50. The lowest BCUT2D eigenvalue weighted by molar-refractivity contribution is 0.0354. The fraction of sp³-hybridized carbons (Fsp3) is 0.867. The quantitative estimate of drug-likeness (QED) is 0.713. The molecule has 0 saturated heterocycles. The van der Waals surface area contributed by atoms with Crippen molar-refractivity contribution in [2.75, 3.05) is 0 Å². The molecule has 1 rings (SSSR count). The molecule has 94 valence electrons. The molecule has 0 radical (unpaired) electrons. The van der Waals surface area contributed by atoms with Crippen LogP contribution >= 0.6 is 0 Å². The van der Waals surface area contributed by atoms with Gasteiger partial charge in [-0.05, 0) is 36.5 Å². The molecule has 0 aromatic carbocycles. The highest BCUT2D eigenvalue weighted by Crippen LogP contribution is 2.53. The summed E-state index contributed by atoms with van der Waals surface area (Å²) < 4.78 is 0.